The lowest BCUT2D eigenvalue weighted by Crippen LogP contribution is -2.23. The molecule has 0 unspecified atom stereocenters. The number of H-pyrrole nitrogens is 1. The lowest BCUT2D eigenvalue weighted by Gasteiger charge is -2.07. The smallest absolute Gasteiger partial charge is 0.253 e. The van der Waals surface area contributed by atoms with Gasteiger partial charge in [0.15, 0.2) is 0 Å². The number of benzene rings is 1. The highest BCUT2D eigenvalue weighted by atomic mass is 35.5. The zero-order valence-corrected chi connectivity index (χ0v) is 9.66. The standard InChI is InChI=1S/C11H11ClN4O/c12-9-3-1-2-8(10(9)13)11(17)14-4-7-5-15-16-6-7/h1-3,5-6H,4,13H2,(H,14,17)(H,15,16). The Kier molecular flexibility index (Phi) is 3.30. The number of para-hydroxylation sites is 1. The summed E-state index contributed by atoms with van der Waals surface area (Å²) in [7, 11) is 0. The highest BCUT2D eigenvalue weighted by Gasteiger charge is 2.11. The SMILES string of the molecule is Nc1c(Cl)cccc1C(=O)NCc1cn[nH]c1. The molecule has 6 heteroatoms. The maximum absolute atomic E-state index is 11.8. The van der Waals surface area contributed by atoms with Crippen molar-refractivity contribution < 1.29 is 4.79 Å². The number of aromatic nitrogens is 2. The lowest BCUT2D eigenvalue weighted by atomic mass is 10.1. The van der Waals surface area contributed by atoms with Crippen molar-refractivity contribution in [3.8, 4) is 0 Å². The fourth-order valence-corrected chi connectivity index (χ4v) is 1.56. The van der Waals surface area contributed by atoms with E-state index in [9.17, 15) is 4.79 Å². The van der Waals surface area contributed by atoms with Crippen LogP contribution in [0.15, 0.2) is 30.6 Å². The van der Waals surface area contributed by atoms with Crippen LogP contribution in [0.2, 0.25) is 5.02 Å². The number of rotatable bonds is 3. The van der Waals surface area contributed by atoms with Crippen LogP contribution in [0.4, 0.5) is 5.69 Å². The summed E-state index contributed by atoms with van der Waals surface area (Å²) in [6, 6.07) is 4.96. The third kappa shape index (κ3) is 2.57. The summed E-state index contributed by atoms with van der Waals surface area (Å²) in [6.07, 6.45) is 3.35. The maximum atomic E-state index is 11.8. The van der Waals surface area contributed by atoms with Crippen molar-refractivity contribution in [1.29, 1.82) is 0 Å². The molecular formula is C11H11ClN4O. The van der Waals surface area contributed by atoms with Crippen molar-refractivity contribution in [1.82, 2.24) is 15.5 Å². The third-order valence-electron chi connectivity index (χ3n) is 2.31. The number of hydrogen-bond donors (Lipinski definition) is 3. The second-order valence-electron chi connectivity index (χ2n) is 3.49. The van der Waals surface area contributed by atoms with Gasteiger partial charge in [-0.05, 0) is 12.1 Å². The van der Waals surface area contributed by atoms with Crippen LogP contribution in [-0.4, -0.2) is 16.1 Å². The van der Waals surface area contributed by atoms with Gasteiger partial charge in [0.25, 0.3) is 5.91 Å². The number of carbonyl (C=O) groups is 1. The predicted molar refractivity (Wildman–Crippen MR) is 65.6 cm³/mol. The first-order valence-electron chi connectivity index (χ1n) is 4.98. The molecule has 0 atom stereocenters. The normalized spacial score (nSPS) is 10.2. The molecule has 1 amide bonds. The zero-order valence-electron chi connectivity index (χ0n) is 8.90. The van der Waals surface area contributed by atoms with Crippen molar-refractivity contribution in [2.75, 3.05) is 5.73 Å². The number of carbonyl (C=O) groups excluding carboxylic acids is 1. The van der Waals surface area contributed by atoms with Gasteiger partial charge in [-0.3, -0.25) is 9.89 Å². The average molecular weight is 251 g/mol. The molecule has 1 aromatic carbocycles. The first kappa shape index (κ1) is 11.5. The van der Waals surface area contributed by atoms with Gasteiger partial charge in [0.05, 0.1) is 22.5 Å². The van der Waals surface area contributed by atoms with E-state index in [0.29, 0.717) is 22.8 Å². The number of nitrogens with two attached hydrogens (primary N) is 1. The Bertz CT molecular complexity index is 524. The molecule has 0 radical (unpaired) electrons. The number of anilines is 1. The van der Waals surface area contributed by atoms with Crippen LogP contribution < -0.4 is 11.1 Å². The van der Waals surface area contributed by atoms with Crippen LogP contribution in [0.25, 0.3) is 0 Å². The van der Waals surface area contributed by atoms with Gasteiger partial charge in [-0.2, -0.15) is 5.10 Å². The number of hydrogen-bond acceptors (Lipinski definition) is 3. The Morgan fingerprint density at radius 3 is 3.06 bits per heavy atom. The number of nitrogen functional groups attached to an aromatic ring is 1. The molecule has 2 aromatic rings. The Balaban J connectivity index is 2.07. The fraction of sp³-hybridized carbons (Fsp3) is 0.0909. The number of aromatic amines is 1. The lowest BCUT2D eigenvalue weighted by molar-refractivity contribution is 0.0952. The number of halogens is 1. The second kappa shape index (κ2) is 4.88. The van der Waals surface area contributed by atoms with Crippen molar-refractivity contribution >= 4 is 23.2 Å². The quantitative estimate of drug-likeness (QED) is 0.723. The van der Waals surface area contributed by atoms with E-state index in [0.717, 1.165) is 5.56 Å². The average Bonchev–Trinajstić information content (AvgIpc) is 2.82. The van der Waals surface area contributed by atoms with E-state index >= 15 is 0 Å². The molecular weight excluding hydrogens is 240 g/mol. The molecule has 0 aliphatic heterocycles. The summed E-state index contributed by atoms with van der Waals surface area (Å²) in [4.78, 5) is 11.8. The largest absolute Gasteiger partial charge is 0.397 e. The minimum absolute atomic E-state index is 0.258. The van der Waals surface area contributed by atoms with E-state index in [1.165, 1.54) is 0 Å². The van der Waals surface area contributed by atoms with Crippen LogP contribution >= 0.6 is 11.6 Å². The van der Waals surface area contributed by atoms with Crippen LogP contribution in [0.3, 0.4) is 0 Å². The molecule has 88 valence electrons. The Hall–Kier alpha value is -2.01. The van der Waals surface area contributed by atoms with Gasteiger partial charge in [0.2, 0.25) is 0 Å². The van der Waals surface area contributed by atoms with Gasteiger partial charge in [0.1, 0.15) is 0 Å². The van der Waals surface area contributed by atoms with E-state index < -0.39 is 0 Å². The molecule has 2 rings (SSSR count). The number of nitrogens with zero attached hydrogens (tertiary/aromatic N) is 1. The summed E-state index contributed by atoms with van der Waals surface area (Å²) in [5.74, 6) is -0.258. The van der Waals surface area contributed by atoms with Gasteiger partial charge in [0, 0.05) is 18.3 Å². The van der Waals surface area contributed by atoms with E-state index in [4.69, 9.17) is 17.3 Å². The summed E-state index contributed by atoms with van der Waals surface area (Å²) >= 11 is 5.84. The van der Waals surface area contributed by atoms with Crippen LogP contribution in [0.1, 0.15) is 15.9 Å². The monoisotopic (exact) mass is 250 g/mol. The van der Waals surface area contributed by atoms with E-state index in [1.54, 1.807) is 30.6 Å². The van der Waals surface area contributed by atoms with Crippen molar-refractivity contribution in [2.45, 2.75) is 6.54 Å². The molecule has 1 heterocycles. The fourth-order valence-electron chi connectivity index (χ4n) is 1.39. The van der Waals surface area contributed by atoms with E-state index in [2.05, 4.69) is 15.5 Å². The molecule has 0 aliphatic rings. The van der Waals surface area contributed by atoms with Gasteiger partial charge in [-0.15, -0.1) is 0 Å². The van der Waals surface area contributed by atoms with Crippen LogP contribution in [-0.2, 0) is 6.54 Å². The first-order valence-corrected chi connectivity index (χ1v) is 5.36. The summed E-state index contributed by atoms with van der Waals surface area (Å²) < 4.78 is 0. The minimum atomic E-state index is -0.258. The first-order chi connectivity index (χ1) is 8.18. The topological polar surface area (TPSA) is 83.8 Å². The van der Waals surface area contributed by atoms with Crippen molar-refractivity contribution in [3.05, 3.63) is 46.7 Å². The molecule has 0 aliphatic carbocycles. The molecule has 0 fully saturated rings. The third-order valence-corrected chi connectivity index (χ3v) is 2.64. The Morgan fingerprint density at radius 2 is 2.35 bits per heavy atom. The highest BCUT2D eigenvalue weighted by molar-refractivity contribution is 6.33. The van der Waals surface area contributed by atoms with Crippen molar-refractivity contribution in [3.63, 3.8) is 0 Å². The van der Waals surface area contributed by atoms with Gasteiger partial charge < -0.3 is 11.1 Å². The molecule has 1 aromatic heterocycles. The zero-order chi connectivity index (χ0) is 12.3. The number of nitrogens with one attached hydrogen (secondary N) is 2. The molecule has 0 bridgehead atoms. The molecule has 0 saturated heterocycles. The minimum Gasteiger partial charge on any atom is -0.397 e. The number of amides is 1. The second-order valence-corrected chi connectivity index (χ2v) is 3.90. The van der Waals surface area contributed by atoms with Gasteiger partial charge in [-0.25, -0.2) is 0 Å². The van der Waals surface area contributed by atoms with E-state index in [-0.39, 0.29) is 5.91 Å². The summed E-state index contributed by atoms with van der Waals surface area (Å²) in [6.45, 7) is 0.390. The van der Waals surface area contributed by atoms with Crippen LogP contribution in [0.5, 0.6) is 0 Å². The Morgan fingerprint density at radius 1 is 1.53 bits per heavy atom. The summed E-state index contributed by atoms with van der Waals surface area (Å²) in [5.41, 5.74) is 7.28. The van der Waals surface area contributed by atoms with Crippen LogP contribution in [0, 0.1) is 0 Å². The molecule has 0 spiro atoms. The van der Waals surface area contributed by atoms with Gasteiger partial charge >= 0.3 is 0 Å². The highest BCUT2D eigenvalue weighted by Crippen LogP contribution is 2.22. The maximum Gasteiger partial charge on any atom is 0.253 e. The predicted octanol–water partition coefficient (Wildman–Crippen LogP) is 1.58. The van der Waals surface area contributed by atoms with Gasteiger partial charge in [-0.1, -0.05) is 17.7 Å². The molecule has 5 nitrogen and oxygen atoms in total. The van der Waals surface area contributed by atoms with Crippen molar-refractivity contribution in [2.24, 2.45) is 0 Å². The molecule has 4 N–H and O–H groups in total. The molecule has 17 heavy (non-hydrogen) atoms. The summed E-state index contributed by atoms with van der Waals surface area (Å²) in [5, 5.41) is 9.56. The molecule has 0 saturated carbocycles. The van der Waals surface area contributed by atoms with E-state index in [1.807, 2.05) is 0 Å². The Labute approximate surface area is 103 Å².